The van der Waals surface area contributed by atoms with Crippen LogP contribution in [0.15, 0.2) is 40.0 Å². The minimum atomic E-state index is -4.52. The summed E-state index contributed by atoms with van der Waals surface area (Å²) >= 11 is 2.47. The fraction of sp³-hybridized carbons (Fsp3) is 0.235. The van der Waals surface area contributed by atoms with Gasteiger partial charge in [-0.05, 0) is 23.8 Å². The molecule has 0 saturated carbocycles. The van der Waals surface area contributed by atoms with Crippen LogP contribution >= 0.6 is 23.1 Å². The highest BCUT2D eigenvalue weighted by Crippen LogP contribution is 2.40. The van der Waals surface area contributed by atoms with Crippen molar-refractivity contribution in [3.05, 3.63) is 41.6 Å². The van der Waals surface area contributed by atoms with Crippen LogP contribution in [0.4, 0.5) is 13.2 Å². The Labute approximate surface area is 165 Å². The third kappa shape index (κ3) is 3.59. The maximum atomic E-state index is 13.1. The SMILES string of the molecule is COc1ccc(CSc2nnc(-c3cc4c(C(F)(F)F)nn(C)c4s3)o2)cc1. The lowest BCUT2D eigenvalue weighted by Crippen LogP contribution is -2.07. The van der Waals surface area contributed by atoms with Crippen molar-refractivity contribution in [3.8, 4) is 16.5 Å². The molecule has 146 valence electrons. The maximum Gasteiger partial charge on any atom is 0.435 e. The van der Waals surface area contributed by atoms with E-state index in [0.717, 1.165) is 22.6 Å². The third-order valence-corrected chi connectivity index (χ3v) is 6.00. The van der Waals surface area contributed by atoms with Crippen LogP contribution < -0.4 is 4.74 Å². The fourth-order valence-corrected chi connectivity index (χ4v) is 4.30. The van der Waals surface area contributed by atoms with Crippen molar-refractivity contribution in [1.82, 2.24) is 20.0 Å². The Balaban J connectivity index is 1.53. The number of hydrogen-bond acceptors (Lipinski definition) is 7. The first kappa shape index (κ1) is 18.8. The molecule has 11 heteroatoms. The van der Waals surface area contributed by atoms with Crippen molar-refractivity contribution in [2.75, 3.05) is 7.11 Å². The Bertz CT molecular complexity index is 1120. The second-order valence-corrected chi connectivity index (χ2v) is 7.77. The summed E-state index contributed by atoms with van der Waals surface area (Å²) in [4.78, 5) is 0.866. The first-order chi connectivity index (χ1) is 13.3. The topological polar surface area (TPSA) is 66.0 Å². The van der Waals surface area contributed by atoms with Crippen molar-refractivity contribution in [1.29, 1.82) is 0 Å². The van der Waals surface area contributed by atoms with Crippen molar-refractivity contribution in [2.45, 2.75) is 17.2 Å². The Morgan fingerprint density at radius 2 is 1.96 bits per heavy atom. The van der Waals surface area contributed by atoms with Crippen molar-refractivity contribution >= 4 is 33.3 Å². The van der Waals surface area contributed by atoms with E-state index in [1.165, 1.54) is 29.6 Å². The number of methoxy groups -OCH3 is 1. The monoisotopic (exact) mass is 426 g/mol. The smallest absolute Gasteiger partial charge is 0.435 e. The molecular weight excluding hydrogens is 413 g/mol. The summed E-state index contributed by atoms with van der Waals surface area (Å²) in [6.07, 6.45) is -4.52. The highest BCUT2D eigenvalue weighted by molar-refractivity contribution is 7.98. The van der Waals surface area contributed by atoms with E-state index in [0.29, 0.717) is 20.7 Å². The first-order valence-corrected chi connectivity index (χ1v) is 9.78. The third-order valence-electron chi connectivity index (χ3n) is 3.92. The van der Waals surface area contributed by atoms with Crippen LogP contribution in [-0.4, -0.2) is 27.1 Å². The van der Waals surface area contributed by atoms with Gasteiger partial charge in [-0.15, -0.1) is 21.5 Å². The number of aromatic nitrogens is 4. The van der Waals surface area contributed by atoms with Crippen LogP contribution in [0.25, 0.3) is 21.0 Å². The average Bonchev–Trinajstić information content (AvgIpc) is 3.36. The summed E-state index contributed by atoms with van der Waals surface area (Å²) in [6.45, 7) is 0. The Morgan fingerprint density at radius 3 is 2.64 bits per heavy atom. The largest absolute Gasteiger partial charge is 0.497 e. The molecule has 6 nitrogen and oxygen atoms in total. The number of hydrogen-bond donors (Lipinski definition) is 0. The van der Waals surface area contributed by atoms with Crippen LogP contribution in [0.5, 0.6) is 5.75 Å². The lowest BCUT2D eigenvalue weighted by molar-refractivity contribution is -0.140. The average molecular weight is 426 g/mol. The zero-order chi connectivity index (χ0) is 19.9. The van der Waals surface area contributed by atoms with E-state index in [9.17, 15) is 13.2 Å². The summed E-state index contributed by atoms with van der Waals surface area (Å²) in [5, 5.41) is 11.9. The van der Waals surface area contributed by atoms with Gasteiger partial charge in [0, 0.05) is 18.2 Å². The molecule has 1 aromatic carbocycles. The molecule has 0 saturated heterocycles. The standard InChI is InChI=1S/C17H13F3N4O2S2/c1-24-15-11(13(23-24)17(18,19)20)7-12(28-15)14-21-22-16(26-14)27-8-9-3-5-10(25-2)6-4-9/h3-7H,8H2,1-2H3. The van der Waals surface area contributed by atoms with E-state index in [2.05, 4.69) is 15.3 Å². The molecule has 4 aromatic rings. The molecule has 0 bridgehead atoms. The highest BCUT2D eigenvalue weighted by Gasteiger charge is 2.37. The molecular formula is C17H13F3N4O2S2. The van der Waals surface area contributed by atoms with Gasteiger partial charge in [0.2, 0.25) is 0 Å². The molecule has 3 heterocycles. The normalized spacial score (nSPS) is 12.0. The molecule has 4 rings (SSSR count). The molecule has 0 amide bonds. The summed E-state index contributed by atoms with van der Waals surface area (Å²) in [7, 11) is 3.08. The van der Waals surface area contributed by atoms with Gasteiger partial charge in [-0.3, -0.25) is 4.68 Å². The molecule has 0 unspecified atom stereocenters. The van der Waals surface area contributed by atoms with Crippen LogP contribution in [0, 0.1) is 0 Å². The van der Waals surface area contributed by atoms with Crippen molar-refractivity contribution in [2.24, 2.45) is 7.05 Å². The number of halogens is 3. The second-order valence-electron chi connectivity index (χ2n) is 5.81. The lowest BCUT2D eigenvalue weighted by Gasteiger charge is -2.01. The molecule has 0 spiro atoms. The number of aryl methyl sites for hydroxylation is 1. The first-order valence-electron chi connectivity index (χ1n) is 7.98. The molecule has 3 aromatic heterocycles. The van der Waals surface area contributed by atoms with Crippen LogP contribution in [0.2, 0.25) is 0 Å². The van der Waals surface area contributed by atoms with Gasteiger partial charge in [0.1, 0.15) is 10.6 Å². The number of thioether (sulfide) groups is 1. The summed E-state index contributed by atoms with van der Waals surface area (Å²) in [6, 6.07) is 8.97. The van der Waals surface area contributed by atoms with Gasteiger partial charge >= 0.3 is 6.18 Å². The molecule has 0 atom stereocenters. The lowest BCUT2D eigenvalue weighted by atomic mass is 10.2. The molecule has 0 radical (unpaired) electrons. The van der Waals surface area contributed by atoms with Gasteiger partial charge in [-0.2, -0.15) is 18.3 Å². The molecule has 0 aliphatic heterocycles. The van der Waals surface area contributed by atoms with Gasteiger partial charge in [0.05, 0.1) is 12.0 Å². The minimum absolute atomic E-state index is 0.0284. The number of benzene rings is 1. The quantitative estimate of drug-likeness (QED) is 0.418. The predicted octanol–water partition coefficient (Wildman–Crippen LogP) is 5.00. The number of nitrogens with zero attached hydrogens (tertiary/aromatic N) is 4. The molecule has 0 fully saturated rings. The fourth-order valence-electron chi connectivity index (χ4n) is 2.59. The van der Waals surface area contributed by atoms with Gasteiger partial charge in [-0.25, -0.2) is 0 Å². The second kappa shape index (κ2) is 7.13. The van der Waals surface area contributed by atoms with E-state index in [-0.39, 0.29) is 11.3 Å². The van der Waals surface area contributed by atoms with Crippen molar-refractivity contribution < 1.29 is 22.3 Å². The minimum Gasteiger partial charge on any atom is -0.497 e. The van der Waals surface area contributed by atoms with E-state index < -0.39 is 11.9 Å². The van der Waals surface area contributed by atoms with Gasteiger partial charge in [0.15, 0.2) is 5.69 Å². The number of alkyl halides is 3. The highest BCUT2D eigenvalue weighted by atomic mass is 32.2. The summed E-state index contributed by atoms with van der Waals surface area (Å²) in [5.41, 5.74) is 0.134. The van der Waals surface area contributed by atoms with E-state index in [1.54, 1.807) is 7.11 Å². The number of thiophene rings is 1. The number of fused-ring (bicyclic) bond motifs is 1. The van der Waals surface area contributed by atoms with Gasteiger partial charge in [0.25, 0.3) is 11.1 Å². The summed E-state index contributed by atoms with van der Waals surface area (Å²) < 4.78 is 51.3. The predicted molar refractivity (Wildman–Crippen MR) is 99.4 cm³/mol. The van der Waals surface area contributed by atoms with E-state index >= 15 is 0 Å². The molecule has 0 aliphatic carbocycles. The van der Waals surface area contributed by atoms with E-state index in [4.69, 9.17) is 9.15 Å². The molecule has 0 N–H and O–H groups in total. The number of ether oxygens (including phenoxy) is 1. The number of rotatable bonds is 5. The van der Waals surface area contributed by atoms with E-state index in [1.807, 2.05) is 24.3 Å². The zero-order valence-electron chi connectivity index (χ0n) is 14.6. The Kier molecular flexibility index (Phi) is 4.79. The molecule has 28 heavy (non-hydrogen) atoms. The van der Waals surface area contributed by atoms with Crippen LogP contribution in [0.1, 0.15) is 11.3 Å². The van der Waals surface area contributed by atoms with Gasteiger partial charge < -0.3 is 9.15 Å². The van der Waals surface area contributed by atoms with Gasteiger partial charge in [-0.1, -0.05) is 23.9 Å². The maximum absolute atomic E-state index is 13.1. The summed E-state index contributed by atoms with van der Waals surface area (Å²) in [5.74, 6) is 1.57. The Hall–Kier alpha value is -2.53. The van der Waals surface area contributed by atoms with Crippen LogP contribution in [-0.2, 0) is 19.0 Å². The van der Waals surface area contributed by atoms with Crippen molar-refractivity contribution in [3.63, 3.8) is 0 Å². The Morgan fingerprint density at radius 1 is 1.21 bits per heavy atom. The molecule has 0 aliphatic rings. The zero-order valence-corrected chi connectivity index (χ0v) is 16.3. The van der Waals surface area contributed by atoms with Crippen LogP contribution in [0.3, 0.4) is 0 Å².